The summed E-state index contributed by atoms with van der Waals surface area (Å²) in [5.41, 5.74) is 7.73. The molecule has 28 heavy (non-hydrogen) atoms. The highest BCUT2D eigenvalue weighted by Gasteiger charge is 2.05. The van der Waals surface area contributed by atoms with Crippen LogP contribution >= 0.6 is 0 Å². The Kier molecular flexibility index (Phi) is 7.86. The Morgan fingerprint density at radius 1 is 1.00 bits per heavy atom. The van der Waals surface area contributed by atoms with Crippen molar-refractivity contribution >= 4 is 23.6 Å². The molecule has 0 aromatic heterocycles. The molecule has 0 saturated carbocycles. The molecule has 0 spiro atoms. The molecule has 2 aromatic rings. The van der Waals surface area contributed by atoms with Gasteiger partial charge in [0.15, 0.2) is 0 Å². The Labute approximate surface area is 162 Å². The van der Waals surface area contributed by atoms with Gasteiger partial charge < -0.3 is 16.4 Å². The molecule has 8 heteroatoms. The summed E-state index contributed by atoms with van der Waals surface area (Å²) < 4.78 is 0. The lowest BCUT2D eigenvalue weighted by atomic mass is 10.1. The Hall–Kier alpha value is -3.52. The van der Waals surface area contributed by atoms with Gasteiger partial charge in [0.2, 0.25) is 5.91 Å². The number of nitro groups is 1. The van der Waals surface area contributed by atoms with Crippen LogP contribution in [-0.2, 0) is 11.3 Å². The quantitative estimate of drug-likeness (QED) is 0.265. The summed E-state index contributed by atoms with van der Waals surface area (Å²) in [6, 6.07) is 13.0. The first kappa shape index (κ1) is 20.8. The zero-order valence-corrected chi connectivity index (χ0v) is 15.3. The molecule has 0 fully saturated rings. The monoisotopic (exact) mass is 382 g/mol. The Balaban J connectivity index is 1.66. The van der Waals surface area contributed by atoms with Gasteiger partial charge in [0.25, 0.3) is 11.6 Å². The fourth-order valence-corrected chi connectivity index (χ4v) is 2.33. The van der Waals surface area contributed by atoms with Crippen molar-refractivity contribution in [3.8, 4) is 0 Å². The lowest BCUT2D eigenvalue weighted by Crippen LogP contribution is -2.29. The van der Waals surface area contributed by atoms with Crippen molar-refractivity contribution in [2.45, 2.75) is 13.0 Å². The van der Waals surface area contributed by atoms with Crippen molar-refractivity contribution in [1.82, 2.24) is 10.6 Å². The van der Waals surface area contributed by atoms with Gasteiger partial charge in [0, 0.05) is 43.4 Å². The smallest absolute Gasteiger partial charge is 0.269 e. The van der Waals surface area contributed by atoms with Gasteiger partial charge in [-0.15, -0.1) is 0 Å². The molecule has 0 radical (unpaired) electrons. The number of rotatable bonds is 9. The minimum absolute atomic E-state index is 0.000952. The molecule has 0 bridgehead atoms. The number of carbonyl (C=O) groups excluding carboxylic acids is 2. The highest BCUT2D eigenvalue weighted by Crippen LogP contribution is 2.12. The van der Waals surface area contributed by atoms with Crippen LogP contribution in [0.2, 0.25) is 0 Å². The highest BCUT2D eigenvalue weighted by molar-refractivity contribution is 5.94. The zero-order chi connectivity index (χ0) is 20.4. The SMILES string of the molecule is NCc1ccc(C(=O)NCCCNC(=O)/C=C/c2ccc([N+](=O)[O-])cc2)cc1. The van der Waals surface area contributed by atoms with Gasteiger partial charge in [-0.3, -0.25) is 19.7 Å². The molecule has 0 aliphatic rings. The van der Waals surface area contributed by atoms with Gasteiger partial charge in [-0.2, -0.15) is 0 Å². The maximum atomic E-state index is 12.0. The van der Waals surface area contributed by atoms with E-state index in [4.69, 9.17) is 5.73 Å². The molecule has 2 rings (SSSR count). The van der Waals surface area contributed by atoms with E-state index in [-0.39, 0.29) is 17.5 Å². The fraction of sp³-hybridized carbons (Fsp3) is 0.200. The van der Waals surface area contributed by atoms with Crippen molar-refractivity contribution in [3.05, 3.63) is 81.4 Å². The Bertz CT molecular complexity index is 846. The van der Waals surface area contributed by atoms with Crippen molar-refractivity contribution in [2.24, 2.45) is 5.73 Å². The van der Waals surface area contributed by atoms with Crippen LogP contribution < -0.4 is 16.4 Å². The normalized spacial score (nSPS) is 10.6. The molecule has 2 aromatic carbocycles. The molecule has 0 atom stereocenters. The number of nitrogens with one attached hydrogen (secondary N) is 2. The number of amides is 2. The molecular formula is C20H22N4O4. The van der Waals surface area contributed by atoms with Gasteiger partial charge in [0.1, 0.15) is 0 Å². The van der Waals surface area contributed by atoms with E-state index in [1.54, 1.807) is 30.3 Å². The van der Waals surface area contributed by atoms with E-state index in [0.717, 1.165) is 5.56 Å². The van der Waals surface area contributed by atoms with Gasteiger partial charge in [-0.05, 0) is 47.9 Å². The molecule has 2 amide bonds. The minimum Gasteiger partial charge on any atom is -0.352 e. The number of nitro benzene ring substituents is 1. The minimum atomic E-state index is -0.478. The molecule has 8 nitrogen and oxygen atoms in total. The first-order chi connectivity index (χ1) is 13.5. The maximum absolute atomic E-state index is 12.0. The van der Waals surface area contributed by atoms with Gasteiger partial charge in [-0.25, -0.2) is 0 Å². The predicted molar refractivity (Wildman–Crippen MR) is 106 cm³/mol. The average molecular weight is 382 g/mol. The Morgan fingerprint density at radius 3 is 2.25 bits per heavy atom. The molecule has 0 aliphatic carbocycles. The van der Waals surface area contributed by atoms with Gasteiger partial charge in [0.05, 0.1) is 4.92 Å². The van der Waals surface area contributed by atoms with E-state index in [9.17, 15) is 19.7 Å². The topological polar surface area (TPSA) is 127 Å². The van der Waals surface area contributed by atoms with Crippen molar-refractivity contribution in [1.29, 1.82) is 0 Å². The van der Waals surface area contributed by atoms with Crippen LogP contribution in [0.5, 0.6) is 0 Å². The number of benzene rings is 2. The highest BCUT2D eigenvalue weighted by atomic mass is 16.6. The number of carbonyl (C=O) groups is 2. The van der Waals surface area contributed by atoms with Crippen LogP contribution in [0, 0.1) is 10.1 Å². The van der Waals surface area contributed by atoms with E-state index >= 15 is 0 Å². The number of nitrogens with zero attached hydrogens (tertiary/aromatic N) is 1. The second kappa shape index (κ2) is 10.6. The number of nitrogens with two attached hydrogens (primary N) is 1. The fourth-order valence-electron chi connectivity index (χ4n) is 2.33. The van der Waals surface area contributed by atoms with Crippen molar-refractivity contribution in [2.75, 3.05) is 13.1 Å². The number of hydrogen-bond donors (Lipinski definition) is 3. The zero-order valence-electron chi connectivity index (χ0n) is 15.3. The lowest BCUT2D eigenvalue weighted by molar-refractivity contribution is -0.384. The third-order valence-corrected chi connectivity index (χ3v) is 3.92. The Morgan fingerprint density at radius 2 is 1.64 bits per heavy atom. The van der Waals surface area contributed by atoms with Crippen LogP contribution in [0.25, 0.3) is 6.08 Å². The summed E-state index contributed by atoms with van der Waals surface area (Å²) in [5.74, 6) is -0.449. The van der Waals surface area contributed by atoms with Crippen LogP contribution in [-0.4, -0.2) is 29.8 Å². The molecule has 0 unspecified atom stereocenters. The molecule has 146 valence electrons. The summed E-state index contributed by atoms with van der Waals surface area (Å²) in [5, 5.41) is 16.1. The summed E-state index contributed by atoms with van der Waals surface area (Å²) in [7, 11) is 0. The molecule has 0 heterocycles. The molecule has 0 aliphatic heterocycles. The summed E-state index contributed by atoms with van der Waals surface area (Å²) >= 11 is 0. The van der Waals surface area contributed by atoms with E-state index in [1.165, 1.54) is 18.2 Å². The molecule has 0 saturated heterocycles. The van der Waals surface area contributed by atoms with E-state index in [1.807, 2.05) is 12.1 Å². The van der Waals surface area contributed by atoms with Crippen molar-refractivity contribution in [3.63, 3.8) is 0 Å². The van der Waals surface area contributed by atoms with Crippen LogP contribution in [0.15, 0.2) is 54.6 Å². The van der Waals surface area contributed by atoms with Crippen molar-refractivity contribution < 1.29 is 14.5 Å². The molecular weight excluding hydrogens is 360 g/mol. The third-order valence-electron chi connectivity index (χ3n) is 3.92. The summed E-state index contributed by atoms with van der Waals surface area (Å²) in [6.45, 7) is 1.28. The average Bonchev–Trinajstić information content (AvgIpc) is 2.72. The predicted octanol–water partition coefficient (Wildman–Crippen LogP) is 2.00. The molecule has 4 N–H and O–H groups in total. The largest absolute Gasteiger partial charge is 0.352 e. The second-order valence-corrected chi connectivity index (χ2v) is 5.98. The second-order valence-electron chi connectivity index (χ2n) is 5.98. The van der Waals surface area contributed by atoms with Gasteiger partial charge >= 0.3 is 0 Å². The van der Waals surface area contributed by atoms with Crippen LogP contribution in [0.1, 0.15) is 27.9 Å². The van der Waals surface area contributed by atoms with Crippen LogP contribution in [0.4, 0.5) is 5.69 Å². The lowest BCUT2D eigenvalue weighted by Gasteiger charge is -2.06. The van der Waals surface area contributed by atoms with E-state index in [0.29, 0.717) is 37.2 Å². The number of non-ortho nitro benzene ring substituents is 1. The van der Waals surface area contributed by atoms with E-state index < -0.39 is 4.92 Å². The van der Waals surface area contributed by atoms with Gasteiger partial charge in [-0.1, -0.05) is 12.1 Å². The third kappa shape index (κ3) is 6.65. The summed E-state index contributed by atoms with van der Waals surface area (Å²) in [4.78, 5) is 33.9. The summed E-state index contributed by atoms with van der Waals surface area (Å²) in [6.07, 6.45) is 3.52. The standard InChI is InChI=1S/C20H22N4O4/c21-14-16-2-7-17(8-3-16)20(26)23-13-1-12-22-19(25)11-6-15-4-9-18(10-5-15)24(27)28/h2-11H,1,12-14,21H2,(H,22,25)(H,23,26)/b11-6+. The number of hydrogen-bond acceptors (Lipinski definition) is 5. The van der Waals surface area contributed by atoms with Crippen LogP contribution in [0.3, 0.4) is 0 Å². The first-order valence-electron chi connectivity index (χ1n) is 8.77. The first-order valence-corrected chi connectivity index (χ1v) is 8.77. The maximum Gasteiger partial charge on any atom is 0.269 e. The van der Waals surface area contributed by atoms with E-state index in [2.05, 4.69) is 10.6 Å².